The Labute approximate surface area is 210 Å². The van der Waals surface area contributed by atoms with E-state index in [9.17, 15) is 4.79 Å². The summed E-state index contributed by atoms with van der Waals surface area (Å²) in [6.45, 7) is 2.97. The van der Waals surface area contributed by atoms with Crippen molar-refractivity contribution in [3.05, 3.63) is 24.3 Å². The van der Waals surface area contributed by atoms with Gasteiger partial charge in [-0.05, 0) is 30.7 Å². The maximum absolute atomic E-state index is 10.5. The van der Waals surface area contributed by atoms with Crippen LogP contribution in [0, 0.1) is 0 Å². The van der Waals surface area contributed by atoms with Crippen LogP contribution in [-0.2, 0) is 4.79 Å². The summed E-state index contributed by atoms with van der Waals surface area (Å²) in [5.41, 5.74) is 1.06. The zero-order valence-electron chi connectivity index (χ0n) is 22.1. The van der Waals surface area contributed by atoms with Gasteiger partial charge in [-0.2, -0.15) is 0 Å². The SMILES string of the molecule is CCCCCCCCCCCCCCCCCCCCCCNc1ccc(OCC(=O)O)cc1. The first-order valence-electron chi connectivity index (χ1n) is 14.4. The zero-order chi connectivity index (χ0) is 24.5. The van der Waals surface area contributed by atoms with Crippen LogP contribution in [0.5, 0.6) is 5.75 Å². The largest absolute Gasteiger partial charge is 0.482 e. The third-order valence-electron chi connectivity index (χ3n) is 6.58. The Morgan fingerprint density at radius 2 is 1.03 bits per heavy atom. The summed E-state index contributed by atoms with van der Waals surface area (Å²) >= 11 is 0. The lowest BCUT2D eigenvalue weighted by Gasteiger charge is -2.08. The molecule has 4 heteroatoms. The minimum absolute atomic E-state index is 0.299. The summed E-state index contributed by atoms with van der Waals surface area (Å²) in [5, 5.41) is 12.1. The van der Waals surface area contributed by atoms with Crippen molar-refractivity contribution in [3.8, 4) is 5.75 Å². The molecule has 1 aromatic rings. The number of rotatable bonds is 25. The van der Waals surface area contributed by atoms with E-state index in [-0.39, 0.29) is 6.61 Å². The van der Waals surface area contributed by atoms with Crippen LogP contribution in [0.25, 0.3) is 0 Å². The maximum atomic E-state index is 10.5. The minimum Gasteiger partial charge on any atom is -0.482 e. The average Bonchev–Trinajstić information content (AvgIpc) is 2.84. The quantitative estimate of drug-likeness (QED) is 0.138. The highest BCUT2D eigenvalue weighted by Crippen LogP contribution is 2.17. The summed E-state index contributed by atoms with van der Waals surface area (Å²) in [4.78, 5) is 10.5. The van der Waals surface area contributed by atoms with Gasteiger partial charge in [-0.25, -0.2) is 4.79 Å². The van der Waals surface area contributed by atoms with Gasteiger partial charge < -0.3 is 15.2 Å². The van der Waals surface area contributed by atoms with Gasteiger partial charge in [0.05, 0.1) is 0 Å². The van der Waals surface area contributed by atoms with E-state index in [1.165, 1.54) is 128 Å². The fraction of sp³-hybridized carbons (Fsp3) is 0.767. The molecule has 0 aliphatic rings. The van der Waals surface area contributed by atoms with E-state index >= 15 is 0 Å². The van der Waals surface area contributed by atoms with E-state index in [1.54, 1.807) is 0 Å². The number of carboxylic acid groups (broad SMARTS) is 1. The number of hydrogen-bond acceptors (Lipinski definition) is 3. The van der Waals surface area contributed by atoms with E-state index in [1.807, 2.05) is 24.3 Å². The number of nitrogens with one attached hydrogen (secondary N) is 1. The van der Waals surface area contributed by atoms with Crippen LogP contribution < -0.4 is 10.1 Å². The highest BCUT2D eigenvalue weighted by molar-refractivity contribution is 5.68. The standard InChI is InChI=1S/C30H53NO3/c1-2-3-4-5-6-7-8-9-10-11-12-13-14-15-16-17-18-19-20-21-26-31-28-22-24-29(25-23-28)34-27-30(32)33/h22-25,31H,2-21,26-27H2,1H3,(H,32,33). The Bertz CT molecular complexity index is 573. The maximum Gasteiger partial charge on any atom is 0.341 e. The predicted molar refractivity (Wildman–Crippen MR) is 146 cm³/mol. The lowest BCUT2D eigenvalue weighted by molar-refractivity contribution is -0.139. The van der Waals surface area contributed by atoms with Crippen molar-refractivity contribution >= 4 is 11.7 Å². The summed E-state index contributed by atoms with van der Waals surface area (Å²) in [7, 11) is 0. The molecule has 0 saturated carbocycles. The molecule has 0 aliphatic heterocycles. The molecule has 2 N–H and O–H groups in total. The number of unbranched alkanes of at least 4 members (excludes halogenated alkanes) is 19. The van der Waals surface area contributed by atoms with Gasteiger partial charge in [0.1, 0.15) is 5.75 Å². The van der Waals surface area contributed by atoms with E-state index in [4.69, 9.17) is 9.84 Å². The molecule has 0 heterocycles. The van der Waals surface area contributed by atoms with Crippen LogP contribution in [0.1, 0.15) is 135 Å². The Morgan fingerprint density at radius 3 is 1.41 bits per heavy atom. The second-order valence-electron chi connectivity index (χ2n) is 9.85. The second kappa shape index (κ2) is 23.1. The normalized spacial score (nSPS) is 11.0. The van der Waals surface area contributed by atoms with Crippen LogP contribution >= 0.6 is 0 Å². The number of carboxylic acids is 1. The van der Waals surface area contributed by atoms with E-state index in [0.29, 0.717) is 5.75 Å². The second-order valence-corrected chi connectivity index (χ2v) is 9.85. The third kappa shape index (κ3) is 19.7. The van der Waals surface area contributed by atoms with E-state index in [0.717, 1.165) is 12.2 Å². The highest BCUT2D eigenvalue weighted by Gasteiger charge is 2.00. The van der Waals surface area contributed by atoms with Crippen LogP contribution in [-0.4, -0.2) is 24.2 Å². The van der Waals surface area contributed by atoms with Gasteiger partial charge in [0.15, 0.2) is 6.61 Å². The van der Waals surface area contributed by atoms with Crippen molar-refractivity contribution < 1.29 is 14.6 Å². The van der Waals surface area contributed by atoms with Crippen molar-refractivity contribution in [2.24, 2.45) is 0 Å². The van der Waals surface area contributed by atoms with Gasteiger partial charge in [0, 0.05) is 12.2 Å². The molecule has 0 bridgehead atoms. The van der Waals surface area contributed by atoms with Crippen LogP contribution in [0.3, 0.4) is 0 Å². The number of ether oxygens (including phenoxy) is 1. The van der Waals surface area contributed by atoms with Crippen molar-refractivity contribution in [3.63, 3.8) is 0 Å². The van der Waals surface area contributed by atoms with Crippen molar-refractivity contribution in [2.75, 3.05) is 18.5 Å². The van der Waals surface area contributed by atoms with Crippen LogP contribution in [0.2, 0.25) is 0 Å². The monoisotopic (exact) mass is 475 g/mol. The molecule has 1 aromatic carbocycles. The molecule has 0 spiro atoms. The first-order chi connectivity index (χ1) is 16.7. The Hall–Kier alpha value is -1.71. The molecular weight excluding hydrogens is 422 g/mol. The summed E-state index contributed by atoms with van der Waals surface area (Å²) in [5.74, 6) is -0.367. The highest BCUT2D eigenvalue weighted by atomic mass is 16.5. The first kappa shape index (κ1) is 30.3. The number of anilines is 1. The molecule has 0 saturated heterocycles. The number of hydrogen-bond donors (Lipinski definition) is 2. The molecule has 34 heavy (non-hydrogen) atoms. The van der Waals surface area contributed by atoms with Gasteiger partial charge in [0.2, 0.25) is 0 Å². The van der Waals surface area contributed by atoms with Crippen LogP contribution in [0.15, 0.2) is 24.3 Å². The van der Waals surface area contributed by atoms with Crippen LogP contribution in [0.4, 0.5) is 5.69 Å². The van der Waals surface area contributed by atoms with E-state index < -0.39 is 5.97 Å². The predicted octanol–water partition coefficient (Wildman–Crippen LogP) is 9.38. The Morgan fingerprint density at radius 1 is 0.647 bits per heavy atom. The van der Waals surface area contributed by atoms with Gasteiger partial charge in [-0.1, -0.05) is 129 Å². The Balaban J connectivity index is 1.76. The third-order valence-corrected chi connectivity index (χ3v) is 6.58. The first-order valence-corrected chi connectivity index (χ1v) is 14.4. The van der Waals surface area contributed by atoms with Gasteiger partial charge in [-0.3, -0.25) is 0 Å². The lowest BCUT2D eigenvalue weighted by Crippen LogP contribution is -2.09. The molecular formula is C30H53NO3. The number of carbonyl (C=O) groups is 1. The molecule has 0 amide bonds. The molecule has 196 valence electrons. The Kier molecular flexibility index (Phi) is 20.6. The van der Waals surface area contributed by atoms with E-state index in [2.05, 4.69) is 12.2 Å². The lowest BCUT2D eigenvalue weighted by atomic mass is 10.0. The number of aliphatic carboxylic acids is 1. The van der Waals surface area contributed by atoms with Crippen molar-refractivity contribution in [1.82, 2.24) is 0 Å². The molecule has 0 radical (unpaired) electrons. The summed E-state index contributed by atoms with van der Waals surface area (Å²) < 4.78 is 5.15. The minimum atomic E-state index is -0.957. The fourth-order valence-electron chi connectivity index (χ4n) is 4.43. The molecule has 0 aliphatic carbocycles. The van der Waals surface area contributed by atoms with Gasteiger partial charge >= 0.3 is 5.97 Å². The molecule has 0 fully saturated rings. The van der Waals surface area contributed by atoms with Crippen molar-refractivity contribution in [2.45, 2.75) is 135 Å². The zero-order valence-corrected chi connectivity index (χ0v) is 22.1. The average molecular weight is 476 g/mol. The molecule has 4 nitrogen and oxygen atoms in total. The van der Waals surface area contributed by atoms with Crippen molar-refractivity contribution in [1.29, 1.82) is 0 Å². The fourth-order valence-corrected chi connectivity index (χ4v) is 4.43. The summed E-state index contributed by atoms with van der Waals surface area (Å²) in [6, 6.07) is 7.49. The topological polar surface area (TPSA) is 58.6 Å². The molecule has 0 atom stereocenters. The molecule has 1 rings (SSSR count). The summed E-state index contributed by atoms with van der Waals surface area (Å²) in [6.07, 6.45) is 28.1. The number of benzene rings is 1. The molecule has 0 unspecified atom stereocenters. The van der Waals surface area contributed by atoms with Gasteiger partial charge in [-0.15, -0.1) is 0 Å². The van der Waals surface area contributed by atoms with Gasteiger partial charge in [0.25, 0.3) is 0 Å². The molecule has 0 aromatic heterocycles. The smallest absolute Gasteiger partial charge is 0.341 e.